The van der Waals surface area contributed by atoms with Crippen molar-refractivity contribution in [2.45, 2.75) is 13.3 Å². The summed E-state index contributed by atoms with van der Waals surface area (Å²) >= 11 is 0. The van der Waals surface area contributed by atoms with E-state index in [-0.39, 0.29) is 12.4 Å². The number of rotatable bonds is 0. The number of hydrogen-bond acceptors (Lipinski definition) is 1. The summed E-state index contributed by atoms with van der Waals surface area (Å²) in [6, 6.07) is 0. The normalized spacial score (nSPS) is 20.3. The van der Waals surface area contributed by atoms with E-state index in [1.807, 2.05) is 0 Å². The monoisotopic (exact) mass is 169 g/mol. The highest BCUT2D eigenvalue weighted by Gasteiger charge is 2.13. The molecular formula is C9H12ClN. The second-order valence-corrected chi connectivity index (χ2v) is 2.80. The van der Waals surface area contributed by atoms with E-state index >= 15 is 0 Å². The van der Waals surface area contributed by atoms with Gasteiger partial charge >= 0.3 is 0 Å². The lowest BCUT2D eigenvalue weighted by Crippen LogP contribution is -2.07. The van der Waals surface area contributed by atoms with Crippen LogP contribution in [0.5, 0.6) is 0 Å². The van der Waals surface area contributed by atoms with E-state index in [1.165, 1.54) is 16.8 Å². The Morgan fingerprint density at radius 1 is 1.45 bits per heavy atom. The lowest BCUT2D eigenvalue weighted by atomic mass is 10.0. The summed E-state index contributed by atoms with van der Waals surface area (Å²) in [7, 11) is 0. The Morgan fingerprint density at radius 2 is 2.27 bits per heavy atom. The minimum Gasteiger partial charge on any atom is -0.381 e. The van der Waals surface area contributed by atoms with Crippen molar-refractivity contribution < 1.29 is 0 Å². The van der Waals surface area contributed by atoms with Crippen LogP contribution in [0.2, 0.25) is 0 Å². The summed E-state index contributed by atoms with van der Waals surface area (Å²) < 4.78 is 0. The molecule has 1 aliphatic heterocycles. The molecule has 0 aromatic carbocycles. The minimum absolute atomic E-state index is 0. The Bertz CT molecular complexity index is 248. The molecule has 60 valence electrons. The van der Waals surface area contributed by atoms with Gasteiger partial charge in [-0.3, -0.25) is 0 Å². The zero-order valence-electron chi connectivity index (χ0n) is 6.55. The zero-order valence-corrected chi connectivity index (χ0v) is 7.37. The third-order valence-electron chi connectivity index (χ3n) is 2.04. The Labute approximate surface area is 73.3 Å². The van der Waals surface area contributed by atoms with Crippen molar-refractivity contribution in [3.63, 3.8) is 0 Å². The molecular weight excluding hydrogens is 158 g/mol. The molecule has 1 nitrogen and oxygen atoms in total. The van der Waals surface area contributed by atoms with Crippen molar-refractivity contribution in [3.8, 4) is 0 Å². The minimum atomic E-state index is 0. The summed E-state index contributed by atoms with van der Waals surface area (Å²) in [5.74, 6) is 0. The molecule has 0 saturated heterocycles. The van der Waals surface area contributed by atoms with Crippen molar-refractivity contribution in [3.05, 3.63) is 35.1 Å². The zero-order chi connectivity index (χ0) is 6.97. The molecule has 1 heterocycles. The van der Waals surface area contributed by atoms with Crippen LogP contribution in [0.1, 0.15) is 13.3 Å². The van der Waals surface area contributed by atoms with Gasteiger partial charge in [0, 0.05) is 12.2 Å². The second kappa shape index (κ2) is 3.14. The molecule has 2 rings (SSSR count). The number of allylic oxidation sites excluding steroid dienone is 3. The Morgan fingerprint density at radius 3 is 3.00 bits per heavy atom. The highest BCUT2D eigenvalue weighted by molar-refractivity contribution is 5.85. The summed E-state index contributed by atoms with van der Waals surface area (Å²) in [5.41, 5.74) is 4.20. The van der Waals surface area contributed by atoms with Gasteiger partial charge in [-0.1, -0.05) is 18.2 Å². The van der Waals surface area contributed by atoms with E-state index in [2.05, 4.69) is 30.5 Å². The third-order valence-corrected chi connectivity index (χ3v) is 2.04. The molecule has 0 amide bonds. The second-order valence-electron chi connectivity index (χ2n) is 2.80. The number of nitrogens with one attached hydrogen (secondary N) is 1. The molecule has 2 heteroatoms. The predicted molar refractivity (Wildman–Crippen MR) is 49.8 cm³/mol. The molecule has 1 aliphatic carbocycles. The van der Waals surface area contributed by atoms with E-state index < -0.39 is 0 Å². The van der Waals surface area contributed by atoms with E-state index in [9.17, 15) is 0 Å². The quantitative estimate of drug-likeness (QED) is 0.586. The average Bonchev–Trinajstić information content (AvgIpc) is 2.34. The van der Waals surface area contributed by atoms with E-state index in [0.29, 0.717) is 0 Å². The fourth-order valence-corrected chi connectivity index (χ4v) is 1.43. The van der Waals surface area contributed by atoms with E-state index in [0.717, 1.165) is 13.0 Å². The topological polar surface area (TPSA) is 12.0 Å². The van der Waals surface area contributed by atoms with E-state index in [4.69, 9.17) is 0 Å². The summed E-state index contributed by atoms with van der Waals surface area (Å²) in [6.07, 6.45) is 7.74. The van der Waals surface area contributed by atoms with Gasteiger partial charge in [-0.05, 0) is 24.5 Å². The molecule has 0 aromatic rings. The fourth-order valence-electron chi connectivity index (χ4n) is 1.43. The molecule has 2 aliphatic rings. The van der Waals surface area contributed by atoms with Crippen LogP contribution >= 0.6 is 12.4 Å². The summed E-state index contributed by atoms with van der Waals surface area (Å²) in [4.78, 5) is 0. The van der Waals surface area contributed by atoms with Gasteiger partial charge in [0.2, 0.25) is 0 Å². The molecule has 0 fully saturated rings. The van der Waals surface area contributed by atoms with Crippen LogP contribution < -0.4 is 5.32 Å². The molecule has 0 radical (unpaired) electrons. The molecule has 0 bridgehead atoms. The molecule has 11 heavy (non-hydrogen) atoms. The van der Waals surface area contributed by atoms with Crippen molar-refractivity contribution >= 4 is 12.4 Å². The third kappa shape index (κ3) is 1.33. The van der Waals surface area contributed by atoms with Gasteiger partial charge in [0.15, 0.2) is 0 Å². The van der Waals surface area contributed by atoms with Crippen molar-refractivity contribution in [1.29, 1.82) is 0 Å². The Kier molecular flexibility index (Phi) is 2.40. The average molecular weight is 170 g/mol. The predicted octanol–water partition coefficient (Wildman–Crippen LogP) is 2.17. The first-order valence-electron chi connectivity index (χ1n) is 3.68. The summed E-state index contributed by atoms with van der Waals surface area (Å²) in [5, 5.41) is 3.34. The molecule has 0 spiro atoms. The lowest BCUT2D eigenvalue weighted by molar-refractivity contribution is 0.940. The first kappa shape index (κ1) is 8.41. The van der Waals surface area contributed by atoms with Gasteiger partial charge in [0.1, 0.15) is 0 Å². The Hall–Kier alpha value is -0.690. The van der Waals surface area contributed by atoms with Crippen LogP contribution in [-0.4, -0.2) is 6.54 Å². The molecule has 0 aromatic heterocycles. The lowest BCUT2D eigenvalue weighted by Gasteiger charge is -2.04. The van der Waals surface area contributed by atoms with Crippen LogP contribution in [0, 0.1) is 0 Å². The number of hydrogen-bond donors (Lipinski definition) is 1. The van der Waals surface area contributed by atoms with Gasteiger partial charge in [-0.2, -0.15) is 0 Å². The van der Waals surface area contributed by atoms with Gasteiger partial charge in [0.25, 0.3) is 0 Å². The number of fused-ring (bicyclic) bond motifs is 1. The maximum atomic E-state index is 3.34. The highest BCUT2D eigenvalue weighted by atomic mass is 35.5. The highest BCUT2D eigenvalue weighted by Crippen LogP contribution is 2.23. The first-order valence-corrected chi connectivity index (χ1v) is 3.68. The maximum absolute atomic E-state index is 3.34. The van der Waals surface area contributed by atoms with Gasteiger partial charge in [-0.15, -0.1) is 12.4 Å². The van der Waals surface area contributed by atoms with E-state index in [1.54, 1.807) is 0 Å². The summed E-state index contributed by atoms with van der Waals surface area (Å²) in [6.45, 7) is 3.21. The SMILES string of the molecule is CC1=C2C=CCC=C2NC1.Cl. The largest absolute Gasteiger partial charge is 0.381 e. The van der Waals surface area contributed by atoms with Gasteiger partial charge in [0.05, 0.1) is 0 Å². The number of halogens is 1. The van der Waals surface area contributed by atoms with Crippen LogP contribution in [0.3, 0.4) is 0 Å². The standard InChI is InChI=1S/C9H11N.ClH/c1-7-6-10-9-5-3-2-4-8(7)9;/h2,4-5,10H,3,6H2,1H3;1H. The first-order chi connectivity index (χ1) is 4.88. The van der Waals surface area contributed by atoms with Crippen LogP contribution in [0.15, 0.2) is 35.1 Å². The van der Waals surface area contributed by atoms with Crippen LogP contribution in [0.4, 0.5) is 0 Å². The molecule has 0 unspecified atom stereocenters. The van der Waals surface area contributed by atoms with Gasteiger partial charge < -0.3 is 5.32 Å². The van der Waals surface area contributed by atoms with Gasteiger partial charge in [-0.25, -0.2) is 0 Å². The smallest absolute Gasteiger partial charge is 0.0378 e. The van der Waals surface area contributed by atoms with Crippen molar-refractivity contribution in [2.24, 2.45) is 0 Å². The maximum Gasteiger partial charge on any atom is 0.0378 e. The molecule has 0 atom stereocenters. The molecule has 1 N–H and O–H groups in total. The van der Waals surface area contributed by atoms with Crippen molar-refractivity contribution in [1.82, 2.24) is 5.32 Å². The van der Waals surface area contributed by atoms with Crippen LogP contribution in [0.25, 0.3) is 0 Å². The van der Waals surface area contributed by atoms with Crippen LogP contribution in [-0.2, 0) is 0 Å². The van der Waals surface area contributed by atoms with Crippen molar-refractivity contribution in [2.75, 3.05) is 6.54 Å². The fraction of sp³-hybridized carbons (Fsp3) is 0.333. The molecule has 0 saturated carbocycles. The Balaban J connectivity index is 0.000000605.